The van der Waals surface area contributed by atoms with Crippen molar-refractivity contribution in [3.8, 4) is 0 Å². The normalized spacial score (nSPS) is 22.6. The van der Waals surface area contributed by atoms with Crippen molar-refractivity contribution in [2.75, 3.05) is 29.9 Å². The molecule has 3 heterocycles. The summed E-state index contributed by atoms with van der Waals surface area (Å²) in [7, 11) is 0. The van der Waals surface area contributed by atoms with E-state index >= 15 is 0 Å². The summed E-state index contributed by atoms with van der Waals surface area (Å²) in [4.78, 5) is 18.0. The third-order valence-electron chi connectivity index (χ3n) is 8.49. The van der Waals surface area contributed by atoms with E-state index in [0.717, 1.165) is 43.1 Å². The lowest BCUT2D eigenvalue weighted by molar-refractivity contribution is -0.00866. The number of anilines is 2. The Morgan fingerprint density at radius 3 is 2.57 bits per heavy atom. The molecule has 37 heavy (non-hydrogen) atoms. The molecule has 0 spiro atoms. The molecule has 6 rings (SSSR count). The molecule has 1 unspecified atom stereocenters. The lowest BCUT2D eigenvalue weighted by Gasteiger charge is -2.29. The summed E-state index contributed by atoms with van der Waals surface area (Å²) in [6.45, 7) is 6.27. The minimum Gasteiger partial charge on any atom is -0.469 e. The van der Waals surface area contributed by atoms with Gasteiger partial charge in [0.15, 0.2) is 0 Å². The summed E-state index contributed by atoms with van der Waals surface area (Å²) in [6.07, 6.45) is 7.98. The summed E-state index contributed by atoms with van der Waals surface area (Å²) >= 11 is 0. The van der Waals surface area contributed by atoms with Gasteiger partial charge in [-0.3, -0.25) is 9.69 Å². The van der Waals surface area contributed by atoms with Gasteiger partial charge in [0, 0.05) is 55.1 Å². The number of fused-ring (bicyclic) bond motifs is 1. The number of rotatable bonds is 9. The lowest BCUT2D eigenvalue weighted by Crippen LogP contribution is -2.38. The van der Waals surface area contributed by atoms with Gasteiger partial charge in [0.25, 0.3) is 5.91 Å². The van der Waals surface area contributed by atoms with Crippen LogP contribution in [0.2, 0.25) is 0 Å². The van der Waals surface area contributed by atoms with Crippen LogP contribution >= 0.6 is 0 Å². The summed E-state index contributed by atoms with van der Waals surface area (Å²) in [6, 6.07) is 21.1. The highest BCUT2D eigenvalue weighted by molar-refractivity contribution is 6.04. The number of amides is 1. The molecule has 2 saturated heterocycles. The maximum atomic E-state index is 12.8. The molecule has 1 aliphatic carbocycles. The molecule has 3 aliphatic rings. The van der Waals surface area contributed by atoms with Gasteiger partial charge in [-0.25, -0.2) is 0 Å². The number of nitrogens with one attached hydrogen (secondary N) is 1. The topological polar surface area (TPSA) is 58.0 Å². The number of hydrogen-bond donors (Lipinski definition) is 1. The molecule has 1 amide bonds. The maximum Gasteiger partial charge on any atom is 0.255 e. The number of carbonyl (C=O) groups is 1. The number of nitrogens with zero attached hydrogens (tertiary/aromatic N) is 2. The monoisotopic (exact) mass is 499 g/mol. The van der Waals surface area contributed by atoms with Crippen LogP contribution in [0, 0.1) is 5.92 Å². The molecule has 1 N–H and O–H groups in total. The molecule has 6 heteroatoms. The first-order valence-corrected chi connectivity index (χ1v) is 13.8. The Bertz CT molecular complexity index is 1170. The molecular formula is C31H37N3O3. The number of hydrogen-bond acceptors (Lipinski definition) is 5. The van der Waals surface area contributed by atoms with Crippen LogP contribution in [0.5, 0.6) is 0 Å². The van der Waals surface area contributed by atoms with Crippen molar-refractivity contribution in [2.24, 2.45) is 5.92 Å². The highest BCUT2D eigenvalue weighted by atomic mass is 16.5. The van der Waals surface area contributed by atoms with Gasteiger partial charge in [0.1, 0.15) is 5.76 Å². The Balaban J connectivity index is 1.02. The molecule has 1 saturated carbocycles. The first kappa shape index (κ1) is 24.3. The van der Waals surface area contributed by atoms with Crippen molar-refractivity contribution < 1.29 is 13.9 Å². The van der Waals surface area contributed by atoms with Crippen molar-refractivity contribution in [3.05, 3.63) is 83.8 Å². The molecule has 194 valence electrons. The van der Waals surface area contributed by atoms with E-state index in [0.29, 0.717) is 36.3 Å². The number of furan rings is 1. The Morgan fingerprint density at radius 1 is 1.05 bits per heavy atom. The number of ether oxygens (including phenoxy) is 1. The van der Waals surface area contributed by atoms with Gasteiger partial charge in [-0.1, -0.05) is 12.1 Å². The van der Waals surface area contributed by atoms with Gasteiger partial charge in [-0.05, 0) is 92.6 Å². The molecular weight excluding hydrogens is 462 g/mol. The standard InChI is InChI=1S/C31H37N3O3/c1-22(18-29-6-3-17-36-29)33-19-25-15-16-34(30(25)20-33)27-13-11-26(12-14-27)32-31(35)24-9-7-23(8-10-24)21-37-28-4-2-5-28/h3,6-14,17,22,25,28,30H,2,4-5,15-16,18-21H2,1H3,(H,32,35)/t22?,25-,30+/m1/s1. The molecule has 0 radical (unpaired) electrons. The molecule has 3 atom stereocenters. The number of carbonyl (C=O) groups excluding carboxylic acids is 1. The highest BCUT2D eigenvalue weighted by Gasteiger charge is 2.42. The zero-order chi connectivity index (χ0) is 25.2. The molecule has 2 aromatic carbocycles. The Hall–Kier alpha value is -3.09. The largest absolute Gasteiger partial charge is 0.469 e. The quantitative estimate of drug-likeness (QED) is 0.407. The van der Waals surface area contributed by atoms with E-state index in [1.165, 1.54) is 31.4 Å². The van der Waals surface area contributed by atoms with E-state index in [-0.39, 0.29) is 5.91 Å². The van der Waals surface area contributed by atoms with Crippen molar-refractivity contribution in [3.63, 3.8) is 0 Å². The fourth-order valence-electron chi connectivity index (χ4n) is 5.97. The average Bonchev–Trinajstić information content (AvgIpc) is 3.62. The van der Waals surface area contributed by atoms with Crippen LogP contribution in [-0.4, -0.2) is 48.6 Å². The second-order valence-electron chi connectivity index (χ2n) is 11.0. The lowest BCUT2D eigenvalue weighted by atomic mass is 9.96. The van der Waals surface area contributed by atoms with Crippen LogP contribution in [0.25, 0.3) is 0 Å². The van der Waals surface area contributed by atoms with Crippen LogP contribution < -0.4 is 10.2 Å². The first-order valence-electron chi connectivity index (χ1n) is 13.8. The molecule has 3 aromatic rings. The van der Waals surface area contributed by atoms with Crippen LogP contribution in [0.15, 0.2) is 71.3 Å². The highest BCUT2D eigenvalue weighted by Crippen LogP contribution is 2.36. The Morgan fingerprint density at radius 2 is 1.86 bits per heavy atom. The third kappa shape index (κ3) is 5.46. The van der Waals surface area contributed by atoms with E-state index in [1.807, 2.05) is 42.5 Å². The molecule has 0 bridgehead atoms. The number of likely N-dealkylation sites (tertiary alicyclic amines) is 1. The minimum absolute atomic E-state index is 0.0857. The number of benzene rings is 2. The summed E-state index contributed by atoms with van der Waals surface area (Å²) < 4.78 is 11.4. The van der Waals surface area contributed by atoms with Gasteiger partial charge in [0.2, 0.25) is 0 Å². The smallest absolute Gasteiger partial charge is 0.255 e. The first-order chi connectivity index (χ1) is 18.1. The van der Waals surface area contributed by atoms with E-state index in [2.05, 4.69) is 40.2 Å². The molecule has 6 nitrogen and oxygen atoms in total. The Kier molecular flexibility index (Phi) is 7.03. The van der Waals surface area contributed by atoms with Gasteiger partial charge < -0.3 is 19.4 Å². The van der Waals surface area contributed by atoms with Crippen molar-refractivity contribution in [2.45, 2.75) is 63.8 Å². The van der Waals surface area contributed by atoms with Crippen molar-refractivity contribution in [1.29, 1.82) is 0 Å². The SMILES string of the molecule is CC(Cc1ccco1)N1C[C@H]2CCN(c3ccc(NC(=O)c4ccc(COC5CCC5)cc4)cc3)[C@H]2C1. The van der Waals surface area contributed by atoms with E-state index in [1.54, 1.807) is 6.26 Å². The van der Waals surface area contributed by atoms with Gasteiger partial charge in [-0.15, -0.1) is 0 Å². The second-order valence-corrected chi connectivity index (χ2v) is 11.0. The van der Waals surface area contributed by atoms with Gasteiger partial charge in [-0.2, -0.15) is 0 Å². The van der Waals surface area contributed by atoms with E-state index in [9.17, 15) is 4.79 Å². The van der Waals surface area contributed by atoms with E-state index in [4.69, 9.17) is 9.15 Å². The fourth-order valence-corrected chi connectivity index (χ4v) is 5.97. The zero-order valence-electron chi connectivity index (χ0n) is 21.6. The van der Waals surface area contributed by atoms with Crippen LogP contribution in [0.4, 0.5) is 11.4 Å². The summed E-state index contributed by atoms with van der Waals surface area (Å²) in [5, 5.41) is 3.05. The predicted molar refractivity (Wildman–Crippen MR) is 146 cm³/mol. The third-order valence-corrected chi connectivity index (χ3v) is 8.49. The average molecular weight is 500 g/mol. The molecule has 1 aromatic heterocycles. The summed E-state index contributed by atoms with van der Waals surface area (Å²) in [5.74, 6) is 1.69. The van der Waals surface area contributed by atoms with Crippen molar-refractivity contribution in [1.82, 2.24) is 4.90 Å². The molecule has 3 fully saturated rings. The van der Waals surface area contributed by atoms with Crippen LogP contribution in [0.1, 0.15) is 54.3 Å². The van der Waals surface area contributed by atoms with Crippen LogP contribution in [0.3, 0.4) is 0 Å². The fraction of sp³-hybridized carbons (Fsp3) is 0.452. The minimum atomic E-state index is -0.0857. The van der Waals surface area contributed by atoms with E-state index < -0.39 is 0 Å². The van der Waals surface area contributed by atoms with Crippen LogP contribution in [-0.2, 0) is 17.8 Å². The maximum absolute atomic E-state index is 12.8. The van der Waals surface area contributed by atoms with Gasteiger partial charge in [0.05, 0.1) is 19.0 Å². The van der Waals surface area contributed by atoms with Crippen molar-refractivity contribution >= 4 is 17.3 Å². The van der Waals surface area contributed by atoms with Gasteiger partial charge >= 0.3 is 0 Å². The zero-order valence-corrected chi connectivity index (χ0v) is 21.6. The second kappa shape index (κ2) is 10.7. The summed E-state index contributed by atoms with van der Waals surface area (Å²) in [5.41, 5.74) is 3.83. The predicted octanol–water partition coefficient (Wildman–Crippen LogP) is 5.74. The Labute approximate surface area is 219 Å². The molecule has 2 aliphatic heterocycles.